The van der Waals surface area contributed by atoms with Crippen molar-refractivity contribution in [3.05, 3.63) is 10.6 Å². The summed E-state index contributed by atoms with van der Waals surface area (Å²) in [4.78, 5) is 8.46. The summed E-state index contributed by atoms with van der Waals surface area (Å²) in [7, 11) is 0. The second-order valence-corrected chi connectivity index (χ2v) is 8.13. The number of anilines is 1. The zero-order valence-electron chi connectivity index (χ0n) is 11.5. The van der Waals surface area contributed by atoms with Gasteiger partial charge >= 0.3 is 0 Å². The summed E-state index contributed by atoms with van der Waals surface area (Å²) in [5.41, 5.74) is 6.98. The number of aromatic nitrogens is 1. The number of thioether (sulfide) groups is 1. The molecule has 1 saturated heterocycles. The van der Waals surface area contributed by atoms with E-state index in [2.05, 4.69) is 37.4 Å². The lowest BCUT2D eigenvalue weighted by molar-refractivity contribution is 0.637. The van der Waals surface area contributed by atoms with Gasteiger partial charge in [0, 0.05) is 35.0 Å². The molecule has 1 aromatic heterocycles. The second-order valence-electron chi connectivity index (χ2n) is 5.27. The molecular weight excluding hydrogens is 262 g/mol. The fourth-order valence-corrected chi connectivity index (χ4v) is 4.33. The van der Waals surface area contributed by atoms with E-state index >= 15 is 0 Å². The smallest absolute Gasteiger partial charge is 0.185 e. The van der Waals surface area contributed by atoms with Crippen molar-refractivity contribution in [3.8, 4) is 0 Å². The lowest BCUT2D eigenvalue weighted by atomic mass is 10.1. The Balaban J connectivity index is 2.13. The number of rotatable bonds is 3. The summed E-state index contributed by atoms with van der Waals surface area (Å²) in [6.45, 7) is 9.67. The Morgan fingerprint density at radius 3 is 2.78 bits per heavy atom. The molecule has 0 atom stereocenters. The Hall–Kier alpha value is -0.260. The van der Waals surface area contributed by atoms with Crippen LogP contribution in [0.5, 0.6) is 0 Å². The number of nitrogens with zero attached hydrogens (tertiary/aromatic N) is 2. The number of aryl methyl sites for hydroxylation is 1. The highest BCUT2D eigenvalue weighted by Gasteiger charge is 2.25. The molecule has 1 aromatic rings. The molecule has 2 N–H and O–H groups in total. The van der Waals surface area contributed by atoms with Crippen molar-refractivity contribution in [2.75, 3.05) is 23.7 Å². The number of hydrogen-bond acceptors (Lipinski definition) is 5. The van der Waals surface area contributed by atoms with E-state index in [0.29, 0.717) is 11.3 Å². The third kappa shape index (κ3) is 3.19. The minimum atomic E-state index is 0.399. The van der Waals surface area contributed by atoms with Crippen LogP contribution in [0, 0.1) is 0 Å². The van der Waals surface area contributed by atoms with E-state index < -0.39 is 0 Å². The fraction of sp³-hybridized carbons (Fsp3) is 0.769. The van der Waals surface area contributed by atoms with Gasteiger partial charge in [0.2, 0.25) is 0 Å². The Kier molecular flexibility index (Phi) is 4.56. The van der Waals surface area contributed by atoms with Gasteiger partial charge in [-0.2, -0.15) is 11.8 Å². The molecule has 0 amide bonds. The van der Waals surface area contributed by atoms with Crippen molar-refractivity contribution in [2.45, 2.75) is 44.9 Å². The number of hydrogen-bond donors (Lipinski definition) is 1. The first kappa shape index (κ1) is 14.2. The lowest BCUT2D eigenvalue weighted by Gasteiger charge is -2.22. The standard InChI is InChI=1S/C13H23N3S2/c1-4-10-11(9-14)18-12(15-10)16-6-5-13(2,3)17-8-7-16/h4-9,14H2,1-3H3. The Bertz CT molecular complexity index is 379. The molecule has 2 heterocycles. The predicted molar refractivity (Wildman–Crippen MR) is 82.8 cm³/mol. The van der Waals surface area contributed by atoms with Crippen LogP contribution in [-0.2, 0) is 13.0 Å². The average molecular weight is 285 g/mol. The van der Waals surface area contributed by atoms with Crippen LogP contribution in [0.1, 0.15) is 37.8 Å². The maximum absolute atomic E-state index is 5.79. The van der Waals surface area contributed by atoms with Crippen molar-refractivity contribution in [1.82, 2.24) is 4.98 Å². The third-order valence-electron chi connectivity index (χ3n) is 3.40. The molecular formula is C13H23N3S2. The normalized spacial score (nSPS) is 19.9. The molecule has 3 nitrogen and oxygen atoms in total. The quantitative estimate of drug-likeness (QED) is 0.927. The summed E-state index contributed by atoms with van der Waals surface area (Å²) in [6.07, 6.45) is 2.20. The van der Waals surface area contributed by atoms with Gasteiger partial charge in [-0.3, -0.25) is 0 Å². The molecule has 0 saturated carbocycles. The molecule has 1 aliphatic rings. The molecule has 1 fully saturated rings. The molecule has 18 heavy (non-hydrogen) atoms. The highest BCUT2D eigenvalue weighted by Crippen LogP contribution is 2.34. The third-order valence-corrected chi connectivity index (χ3v) is 5.95. The summed E-state index contributed by atoms with van der Waals surface area (Å²) < 4.78 is 0.399. The van der Waals surface area contributed by atoms with Gasteiger partial charge in [-0.05, 0) is 12.8 Å². The molecule has 0 aliphatic carbocycles. The van der Waals surface area contributed by atoms with Gasteiger partial charge in [-0.1, -0.05) is 20.8 Å². The summed E-state index contributed by atoms with van der Waals surface area (Å²) >= 11 is 3.85. The molecule has 1 aliphatic heterocycles. The van der Waals surface area contributed by atoms with Crippen LogP contribution in [0.3, 0.4) is 0 Å². The highest BCUT2D eigenvalue weighted by molar-refractivity contribution is 8.00. The molecule has 0 spiro atoms. The first-order valence-corrected chi connectivity index (χ1v) is 8.43. The van der Waals surface area contributed by atoms with Crippen LogP contribution in [-0.4, -0.2) is 28.6 Å². The van der Waals surface area contributed by atoms with Gasteiger partial charge in [0.25, 0.3) is 0 Å². The molecule has 0 bridgehead atoms. The first-order valence-electron chi connectivity index (χ1n) is 6.63. The Morgan fingerprint density at radius 2 is 2.17 bits per heavy atom. The van der Waals surface area contributed by atoms with Crippen LogP contribution < -0.4 is 10.6 Å². The van der Waals surface area contributed by atoms with Gasteiger partial charge in [-0.25, -0.2) is 4.98 Å². The largest absolute Gasteiger partial charge is 0.347 e. The monoisotopic (exact) mass is 285 g/mol. The van der Waals surface area contributed by atoms with Crippen LogP contribution in [0.2, 0.25) is 0 Å². The van der Waals surface area contributed by atoms with E-state index in [9.17, 15) is 0 Å². The van der Waals surface area contributed by atoms with Crippen molar-refractivity contribution >= 4 is 28.2 Å². The van der Waals surface area contributed by atoms with Crippen molar-refractivity contribution in [3.63, 3.8) is 0 Å². The Morgan fingerprint density at radius 1 is 1.39 bits per heavy atom. The van der Waals surface area contributed by atoms with Crippen molar-refractivity contribution in [1.29, 1.82) is 0 Å². The lowest BCUT2D eigenvalue weighted by Crippen LogP contribution is -2.26. The first-order chi connectivity index (χ1) is 8.55. The fourth-order valence-electron chi connectivity index (χ4n) is 2.15. The number of nitrogens with two attached hydrogens (primary N) is 1. The van der Waals surface area contributed by atoms with E-state index in [1.807, 2.05) is 0 Å². The van der Waals surface area contributed by atoms with E-state index in [0.717, 1.165) is 19.5 Å². The maximum Gasteiger partial charge on any atom is 0.185 e. The van der Waals surface area contributed by atoms with E-state index in [-0.39, 0.29) is 0 Å². The molecule has 5 heteroatoms. The summed E-state index contributed by atoms with van der Waals surface area (Å²) in [5, 5.41) is 1.17. The molecule has 0 radical (unpaired) electrons. The van der Waals surface area contributed by atoms with Crippen molar-refractivity contribution < 1.29 is 0 Å². The van der Waals surface area contributed by atoms with Gasteiger partial charge in [0.15, 0.2) is 5.13 Å². The van der Waals surface area contributed by atoms with E-state index in [4.69, 9.17) is 10.7 Å². The summed E-state index contributed by atoms with van der Waals surface area (Å²) in [5.74, 6) is 1.19. The van der Waals surface area contributed by atoms with Crippen molar-refractivity contribution in [2.24, 2.45) is 5.73 Å². The number of thiazole rings is 1. The topological polar surface area (TPSA) is 42.2 Å². The predicted octanol–water partition coefficient (Wildman–Crippen LogP) is 2.89. The van der Waals surface area contributed by atoms with E-state index in [1.54, 1.807) is 11.3 Å². The highest BCUT2D eigenvalue weighted by atomic mass is 32.2. The zero-order valence-corrected chi connectivity index (χ0v) is 13.2. The van der Waals surface area contributed by atoms with E-state index in [1.165, 1.54) is 27.9 Å². The van der Waals surface area contributed by atoms with Crippen LogP contribution in [0.4, 0.5) is 5.13 Å². The van der Waals surface area contributed by atoms with Crippen LogP contribution in [0.15, 0.2) is 0 Å². The molecule has 0 unspecified atom stereocenters. The molecule has 0 aromatic carbocycles. The van der Waals surface area contributed by atoms with Gasteiger partial charge in [0.05, 0.1) is 5.69 Å². The SMILES string of the molecule is CCc1nc(N2CCSC(C)(C)CC2)sc1CN. The van der Waals surface area contributed by atoms with Gasteiger partial charge in [0.1, 0.15) is 0 Å². The van der Waals surface area contributed by atoms with Crippen LogP contribution >= 0.6 is 23.1 Å². The maximum atomic E-state index is 5.79. The minimum Gasteiger partial charge on any atom is -0.347 e. The minimum absolute atomic E-state index is 0.399. The van der Waals surface area contributed by atoms with Gasteiger partial charge < -0.3 is 10.6 Å². The molecule has 102 valence electrons. The van der Waals surface area contributed by atoms with Crippen LogP contribution in [0.25, 0.3) is 0 Å². The second kappa shape index (κ2) is 5.80. The average Bonchev–Trinajstić information content (AvgIpc) is 2.67. The Labute approximate surface area is 118 Å². The summed E-state index contributed by atoms with van der Waals surface area (Å²) in [6, 6.07) is 0. The van der Waals surface area contributed by atoms with Gasteiger partial charge in [-0.15, -0.1) is 11.3 Å². The molecule has 2 rings (SSSR count). The zero-order chi connectivity index (χ0) is 13.2.